The van der Waals surface area contributed by atoms with Gasteiger partial charge < -0.3 is 15.0 Å². The Morgan fingerprint density at radius 1 is 1.35 bits per heavy atom. The Bertz CT molecular complexity index is 562. The molecule has 20 heavy (non-hydrogen) atoms. The zero-order valence-electron chi connectivity index (χ0n) is 11.6. The van der Waals surface area contributed by atoms with E-state index in [1.165, 1.54) is 0 Å². The number of hydrogen-bond acceptors (Lipinski definition) is 5. The minimum Gasteiger partial charge on any atom is -0.378 e. The maximum Gasteiger partial charge on any atom is 0.230 e. The van der Waals surface area contributed by atoms with Crippen LogP contribution < -0.4 is 5.73 Å². The quantitative estimate of drug-likeness (QED) is 0.906. The molecule has 1 aliphatic rings. The monoisotopic (exact) mass is 273 g/mol. The predicted octanol–water partition coefficient (Wildman–Crippen LogP) is 2.68. The maximum atomic E-state index is 5.91. The van der Waals surface area contributed by atoms with Gasteiger partial charge in [-0.2, -0.15) is 0 Å². The van der Waals surface area contributed by atoms with Gasteiger partial charge in [0.05, 0.1) is 17.4 Å². The molecule has 0 aliphatic heterocycles. The molecule has 2 N–H and O–H groups in total. The van der Waals surface area contributed by atoms with Gasteiger partial charge in [0.2, 0.25) is 5.88 Å². The first-order valence-corrected chi connectivity index (χ1v) is 7.04. The van der Waals surface area contributed by atoms with E-state index >= 15 is 0 Å². The highest BCUT2D eigenvalue weighted by Crippen LogP contribution is 2.37. The van der Waals surface area contributed by atoms with Gasteiger partial charge in [-0.25, -0.2) is 0 Å². The van der Waals surface area contributed by atoms with Crippen LogP contribution in [-0.2, 0) is 11.2 Å². The Balaban J connectivity index is 1.72. The topological polar surface area (TPSA) is 74.2 Å². The van der Waals surface area contributed by atoms with Crippen molar-refractivity contribution in [3.05, 3.63) is 30.2 Å². The van der Waals surface area contributed by atoms with Crippen molar-refractivity contribution in [1.29, 1.82) is 0 Å². The van der Waals surface area contributed by atoms with E-state index in [2.05, 4.69) is 10.1 Å². The summed E-state index contributed by atoms with van der Waals surface area (Å²) in [5.74, 6) is 0.989. The smallest absolute Gasteiger partial charge is 0.230 e. The van der Waals surface area contributed by atoms with Crippen LogP contribution in [0.5, 0.6) is 0 Å². The van der Waals surface area contributed by atoms with E-state index in [1.54, 1.807) is 12.4 Å². The van der Waals surface area contributed by atoms with E-state index in [9.17, 15) is 0 Å². The Labute approximate surface area is 118 Å². The Kier molecular flexibility index (Phi) is 3.69. The molecule has 0 atom stereocenters. The van der Waals surface area contributed by atoms with Crippen molar-refractivity contribution in [3.63, 3.8) is 0 Å². The lowest BCUT2D eigenvalue weighted by molar-refractivity contribution is -0.0244. The Morgan fingerprint density at radius 2 is 2.10 bits per heavy atom. The molecule has 0 spiro atoms. The molecule has 0 radical (unpaired) electrons. The van der Waals surface area contributed by atoms with Gasteiger partial charge in [0.25, 0.3) is 0 Å². The van der Waals surface area contributed by atoms with Crippen LogP contribution >= 0.6 is 0 Å². The van der Waals surface area contributed by atoms with Gasteiger partial charge in [0.1, 0.15) is 0 Å². The molecule has 106 valence electrons. The fraction of sp³-hybridized carbons (Fsp3) is 0.467. The molecule has 2 heterocycles. The molecule has 2 aromatic heterocycles. The van der Waals surface area contributed by atoms with Crippen LogP contribution in [0.1, 0.15) is 25.5 Å². The number of aromatic nitrogens is 2. The lowest BCUT2D eigenvalue weighted by atomic mass is 9.78. The highest BCUT2D eigenvalue weighted by molar-refractivity contribution is 5.74. The summed E-state index contributed by atoms with van der Waals surface area (Å²) in [6.07, 6.45) is 6.99. The first kappa shape index (κ1) is 13.1. The van der Waals surface area contributed by atoms with Crippen LogP contribution in [0.25, 0.3) is 11.1 Å². The SMILES string of the molecule is CCOC1CC(Cc2noc(N)c2-c2ccncc2)C1. The molecule has 0 unspecified atom stereocenters. The van der Waals surface area contributed by atoms with Gasteiger partial charge in [-0.05, 0) is 49.8 Å². The largest absolute Gasteiger partial charge is 0.378 e. The summed E-state index contributed by atoms with van der Waals surface area (Å²) in [6.45, 7) is 2.82. The molecule has 2 aromatic rings. The molecule has 5 heteroatoms. The van der Waals surface area contributed by atoms with Crippen molar-refractivity contribution >= 4 is 5.88 Å². The molecule has 1 fully saturated rings. The molecule has 3 rings (SSSR count). The van der Waals surface area contributed by atoms with E-state index in [0.29, 0.717) is 17.9 Å². The summed E-state index contributed by atoms with van der Waals surface area (Å²) < 4.78 is 10.8. The molecule has 1 aliphatic carbocycles. The van der Waals surface area contributed by atoms with Crippen molar-refractivity contribution < 1.29 is 9.26 Å². The third-order valence-corrected chi connectivity index (χ3v) is 3.84. The Morgan fingerprint density at radius 3 is 2.80 bits per heavy atom. The third-order valence-electron chi connectivity index (χ3n) is 3.84. The first-order valence-electron chi connectivity index (χ1n) is 7.04. The van der Waals surface area contributed by atoms with Crippen molar-refractivity contribution in [1.82, 2.24) is 10.1 Å². The van der Waals surface area contributed by atoms with Crippen molar-refractivity contribution in [2.24, 2.45) is 5.92 Å². The average Bonchev–Trinajstić information content (AvgIpc) is 2.78. The molecule has 0 saturated heterocycles. The summed E-state index contributed by atoms with van der Waals surface area (Å²) in [6, 6.07) is 3.85. The van der Waals surface area contributed by atoms with Crippen LogP contribution in [0.3, 0.4) is 0 Å². The number of nitrogens with two attached hydrogens (primary N) is 1. The fourth-order valence-electron chi connectivity index (χ4n) is 2.79. The van der Waals surface area contributed by atoms with E-state index in [4.69, 9.17) is 15.0 Å². The summed E-state index contributed by atoms with van der Waals surface area (Å²) in [7, 11) is 0. The van der Waals surface area contributed by atoms with Gasteiger partial charge in [0, 0.05) is 19.0 Å². The number of nitrogen functional groups attached to an aromatic ring is 1. The standard InChI is InChI=1S/C15H19N3O2/c1-2-19-12-7-10(8-12)9-13-14(15(16)20-18-13)11-3-5-17-6-4-11/h3-6,10,12H,2,7-9,16H2,1H3. The van der Waals surface area contributed by atoms with Gasteiger partial charge in [-0.1, -0.05) is 5.16 Å². The van der Waals surface area contributed by atoms with Crippen LogP contribution in [0.2, 0.25) is 0 Å². The molecule has 0 aromatic carbocycles. The summed E-state index contributed by atoms with van der Waals surface area (Å²) in [5, 5.41) is 4.12. The van der Waals surface area contributed by atoms with Crippen LogP contribution in [0.15, 0.2) is 29.0 Å². The zero-order valence-corrected chi connectivity index (χ0v) is 11.6. The number of anilines is 1. The van der Waals surface area contributed by atoms with Crippen molar-refractivity contribution in [2.45, 2.75) is 32.3 Å². The number of nitrogens with zero attached hydrogens (tertiary/aromatic N) is 2. The number of ether oxygens (including phenoxy) is 1. The van der Waals surface area contributed by atoms with Crippen LogP contribution in [-0.4, -0.2) is 22.9 Å². The fourth-order valence-corrected chi connectivity index (χ4v) is 2.79. The highest BCUT2D eigenvalue weighted by atomic mass is 16.5. The second kappa shape index (κ2) is 5.63. The van der Waals surface area contributed by atoms with Crippen molar-refractivity contribution in [3.8, 4) is 11.1 Å². The summed E-state index contributed by atoms with van der Waals surface area (Å²) in [4.78, 5) is 4.02. The third kappa shape index (κ3) is 2.54. The lowest BCUT2D eigenvalue weighted by Gasteiger charge is -2.34. The number of pyridine rings is 1. The van der Waals surface area contributed by atoms with Gasteiger partial charge >= 0.3 is 0 Å². The van der Waals surface area contributed by atoms with E-state index < -0.39 is 0 Å². The second-order valence-corrected chi connectivity index (χ2v) is 5.22. The molecular formula is C15H19N3O2. The zero-order chi connectivity index (χ0) is 13.9. The minimum absolute atomic E-state index is 0.381. The van der Waals surface area contributed by atoms with Gasteiger partial charge in [0.15, 0.2) is 0 Å². The number of rotatable bonds is 5. The first-order chi connectivity index (χ1) is 9.78. The van der Waals surface area contributed by atoms with E-state index in [-0.39, 0.29) is 0 Å². The maximum absolute atomic E-state index is 5.91. The van der Waals surface area contributed by atoms with Crippen molar-refractivity contribution in [2.75, 3.05) is 12.3 Å². The van der Waals surface area contributed by atoms with Gasteiger partial charge in [-0.15, -0.1) is 0 Å². The lowest BCUT2D eigenvalue weighted by Crippen LogP contribution is -2.32. The molecule has 0 bridgehead atoms. The normalized spacial score (nSPS) is 21.6. The highest BCUT2D eigenvalue weighted by Gasteiger charge is 2.31. The minimum atomic E-state index is 0.381. The Hall–Kier alpha value is -1.88. The second-order valence-electron chi connectivity index (χ2n) is 5.22. The number of hydrogen-bond donors (Lipinski definition) is 1. The van der Waals surface area contributed by atoms with E-state index in [0.717, 1.165) is 42.7 Å². The van der Waals surface area contributed by atoms with Crippen LogP contribution in [0, 0.1) is 5.92 Å². The summed E-state index contributed by atoms with van der Waals surface area (Å²) >= 11 is 0. The predicted molar refractivity (Wildman–Crippen MR) is 76.0 cm³/mol. The molecular weight excluding hydrogens is 254 g/mol. The average molecular weight is 273 g/mol. The molecule has 1 saturated carbocycles. The molecule has 0 amide bonds. The van der Waals surface area contributed by atoms with Gasteiger partial charge in [-0.3, -0.25) is 4.98 Å². The van der Waals surface area contributed by atoms with E-state index in [1.807, 2.05) is 19.1 Å². The molecule has 5 nitrogen and oxygen atoms in total. The van der Waals surface area contributed by atoms with Crippen LogP contribution in [0.4, 0.5) is 5.88 Å². The summed E-state index contributed by atoms with van der Waals surface area (Å²) in [5.41, 5.74) is 8.77.